The van der Waals surface area contributed by atoms with Gasteiger partial charge < -0.3 is 20.5 Å². The molecule has 7 nitrogen and oxygen atoms in total. The van der Waals surface area contributed by atoms with Crippen molar-refractivity contribution >= 4 is 17.3 Å². The van der Waals surface area contributed by atoms with Crippen LogP contribution in [0.15, 0.2) is 57.4 Å². The number of hydrogen-bond donors (Lipinski definition) is 2. The lowest BCUT2D eigenvalue weighted by atomic mass is 9.96. The number of aliphatic imine (C=N–C) groups is 1. The number of nitrogens with zero attached hydrogens (tertiary/aromatic N) is 3. The highest BCUT2D eigenvalue weighted by molar-refractivity contribution is 6.13. The summed E-state index contributed by atoms with van der Waals surface area (Å²) in [5.41, 5.74) is 11.3. The molecule has 0 aliphatic carbocycles. The van der Waals surface area contributed by atoms with Gasteiger partial charge in [0.15, 0.2) is 0 Å². The van der Waals surface area contributed by atoms with Gasteiger partial charge in [-0.2, -0.15) is 0 Å². The van der Waals surface area contributed by atoms with E-state index >= 15 is 0 Å². The second-order valence-corrected chi connectivity index (χ2v) is 7.13. The molecule has 2 aliphatic heterocycles. The van der Waals surface area contributed by atoms with Crippen molar-refractivity contribution in [1.82, 2.24) is 10.1 Å². The van der Waals surface area contributed by atoms with Gasteiger partial charge in [0, 0.05) is 42.0 Å². The van der Waals surface area contributed by atoms with Crippen molar-refractivity contribution < 1.29 is 9.32 Å². The molecule has 0 spiro atoms. The summed E-state index contributed by atoms with van der Waals surface area (Å²) in [6.07, 6.45) is 2.95. The molecular formula is C20H23N5O2. The van der Waals surface area contributed by atoms with Gasteiger partial charge in [0.1, 0.15) is 12.0 Å². The molecular weight excluding hydrogens is 342 g/mol. The number of amides is 1. The molecule has 1 unspecified atom stereocenters. The number of fused-ring (bicyclic) bond motifs is 1. The number of carbonyl (C=O) groups excluding carboxylic acids is 1. The summed E-state index contributed by atoms with van der Waals surface area (Å²) >= 11 is 0. The number of aromatic nitrogens is 1. The summed E-state index contributed by atoms with van der Waals surface area (Å²) < 4.78 is 5.21. The molecule has 7 heteroatoms. The molecule has 2 aromatic rings. The van der Waals surface area contributed by atoms with Crippen LogP contribution < -0.4 is 11.1 Å². The number of carbonyl (C=O) groups is 1. The maximum atomic E-state index is 12.8. The average molecular weight is 365 g/mol. The summed E-state index contributed by atoms with van der Waals surface area (Å²) in [5, 5.41) is 7.13. The molecule has 3 heterocycles. The molecule has 2 aliphatic rings. The molecule has 1 aromatic heterocycles. The van der Waals surface area contributed by atoms with Crippen molar-refractivity contribution in [3.8, 4) is 0 Å². The minimum Gasteiger partial charge on any atom is -0.402 e. The lowest BCUT2D eigenvalue weighted by Gasteiger charge is -2.26. The third-order valence-electron chi connectivity index (χ3n) is 5.08. The van der Waals surface area contributed by atoms with Crippen LogP contribution in [0.3, 0.4) is 0 Å². The van der Waals surface area contributed by atoms with Crippen LogP contribution >= 0.6 is 0 Å². The van der Waals surface area contributed by atoms with Crippen molar-refractivity contribution in [3.63, 3.8) is 0 Å². The highest BCUT2D eigenvalue weighted by Gasteiger charge is 2.30. The highest BCUT2D eigenvalue weighted by atomic mass is 16.5. The number of para-hydroxylation sites is 1. The number of hydrogen-bond acceptors (Lipinski definition) is 6. The first-order valence-electron chi connectivity index (χ1n) is 9.12. The van der Waals surface area contributed by atoms with Crippen LogP contribution in [0.4, 0.5) is 5.69 Å². The van der Waals surface area contributed by atoms with Gasteiger partial charge in [-0.05, 0) is 25.6 Å². The smallest absolute Gasteiger partial charge is 0.229 e. The third-order valence-corrected chi connectivity index (χ3v) is 5.08. The second kappa shape index (κ2) is 7.36. The van der Waals surface area contributed by atoms with Gasteiger partial charge in [-0.25, -0.2) is 0 Å². The summed E-state index contributed by atoms with van der Waals surface area (Å²) in [5.74, 6) is -0.343. The Bertz CT molecular complexity index is 900. The van der Waals surface area contributed by atoms with E-state index in [0.29, 0.717) is 18.7 Å². The van der Waals surface area contributed by atoms with Crippen LogP contribution in [0.1, 0.15) is 17.7 Å². The van der Waals surface area contributed by atoms with E-state index in [0.717, 1.165) is 47.7 Å². The average Bonchev–Trinajstić information content (AvgIpc) is 3.05. The van der Waals surface area contributed by atoms with Crippen LogP contribution in [-0.2, 0) is 11.2 Å². The van der Waals surface area contributed by atoms with E-state index in [-0.39, 0.29) is 11.8 Å². The fraction of sp³-hybridized carbons (Fsp3) is 0.350. The number of likely N-dealkylation sites (N-methyl/N-ethyl adjacent to an activating group) is 1. The lowest BCUT2D eigenvalue weighted by Crippen LogP contribution is -2.33. The summed E-state index contributed by atoms with van der Waals surface area (Å²) in [6.45, 7) is 2.04. The number of nitrogens with two attached hydrogens (primary N) is 1. The Morgan fingerprint density at radius 1 is 1.33 bits per heavy atom. The van der Waals surface area contributed by atoms with Gasteiger partial charge in [0.25, 0.3) is 0 Å². The highest BCUT2D eigenvalue weighted by Crippen LogP contribution is 2.25. The largest absolute Gasteiger partial charge is 0.402 e. The normalized spacial score (nSPS) is 20.6. The zero-order valence-electron chi connectivity index (χ0n) is 15.3. The third kappa shape index (κ3) is 3.64. The number of rotatable bonds is 3. The zero-order valence-corrected chi connectivity index (χ0v) is 15.3. The predicted molar refractivity (Wildman–Crippen MR) is 104 cm³/mol. The number of benzene rings is 1. The Labute approximate surface area is 157 Å². The first-order valence-corrected chi connectivity index (χ1v) is 9.12. The van der Waals surface area contributed by atoms with Crippen LogP contribution in [0.25, 0.3) is 0 Å². The van der Waals surface area contributed by atoms with Crippen LogP contribution in [0.2, 0.25) is 0 Å². The Morgan fingerprint density at radius 3 is 2.96 bits per heavy atom. The van der Waals surface area contributed by atoms with Gasteiger partial charge in [-0.3, -0.25) is 9.79 Å². The van der Waals surface area contributed by atoms with Gasteiger partial charge >= 0.3 is 0 Å². The summed E-state index contributed by atoms with van der Waals surface area (Å²) in [6, 6.07) is 9.45. The first-order chi connectivity index (χ1) is 13.1. The van der Waals surface area contributed by atoms with Gasteiger partial charge in [0.05, 0.1) is 18.2 Å². The van der Waals surface area contributed by atoms with Crippen molar-refractivity contribution in [2.24, 2.45) is 16.6 Å². The SMILES string of the molecule is CN1CCC(N)=C(C2=NCC(C(=O)Nc3ccccc3)Cc3conc32)C1. The van der Waals surface area contributed by atoms with Crippen molar-refractivity contribution in [2.45, 2.75) is 12.8 Å². The quantitative estimate of drug-likeness (QED) is 0.865. The van der Waals surface area contributed by atoms with E-state index in [1.165, 1.54) is 0 Å². The second-order valence-electron chi connectivity index (χ2n) is 7.13. The summed E-state index contributed by atoms with van der Waals surface area (Å²) in [4.78, 5) is 19.7. The standard InChI is InChI=1S/C20H23N5O2/c1-25-8-7-17(21)16(11-25)19-18-14(12-27-24-18)9-13(10-22-19)20(26)23-15-5-3-2-4-6-15/h2-6,12-13H,7-11,21H2,1H3,(H,23,26). The minimum atomic E-state index is -0.288. The minimum absolute atomic E-state index is 0.0546. The Kier molecular flexibility index (Phi) is 4.77. The lowest BCUT2D eigenvalue weighted by molar-refractivity contribution is -0.119. The van der Waals surface area contributed by atoms with E-state index in [1.807, 2.05) is 30.3 Å². The van der Waals surface area contributed by atoms with E-state index in [1.54, 1.807) is 6.26 Å². The molecule has 4 rings (SSSR count). The van der Waals surface area contributed by atoms with Crippen LogP contribution in [0, 0.1) is 5.92 Å². The van der Waals surface area contributed by atoms with Crippen LogP contribution in [0.5, 0.6) is 0 Å². The number of anilines is 1. The molecule has 0 bridgehead atoms. The van der Waals surface area contributed by atoms with Crippen LogP contribution in [-0.4, -0.2) is 48.4 Å². The topological polar surface area (TPSA) is 96.8 Å². The van der Waals surface area contributed by atoms with Gasteiger partial charge in [-0.1, -0.05) is 23.4 Å². The molecule has 27 heavy (non-hydrogen) atoms. The summed E-state index contributed by atoms with van der Waals surface area (Å²) in [7, 11) is 2.06. The number of nitrogens with one attached hydrogen (secondary N) is 1. The van der Waals surface area contributed by atoms with E-state index in [4.69, 9.17) is 15.2 Å². The monoisotopic (exact) mass is 365 g/mol. The molecule has 1 aromatic carbocycles. The fourth-order valence-electron chi connectivity index (χ4n) is 3.52. The maximum absolute atomic E-state index is 12.8. The molecule has 0 fully saturated rings. The van der Waals surface area contributed by atoms with E-state index in [9.17, 15) is 4.79 Å². The molecule has 0 saturated heterocycles. The van der Waals surface area contributed by atoms with Crippen molar-refractivity contribution in [2.75, 3.05) is 32.0 Å². The molecule has 140 valence electrons. The van der Waals surface area contributed by atoms with E-state index in [2.05, 4.69) is 22.4 Å². The molecule has 1 amide bonds. The maximum Gasteiger partial charge on any atom is 0.229 e. The Hall–Kier alpha value is -2.93. The van der Waals surface area contributed by atoms with Crippen molar-refractivity contribution in [3.05, 3.63) is 59.1 Å². The zero-order chi connectivity index (χ0) is 18.8. The first kappa shape index (κ1) is 17.5. The Morgan fingerprint density at radius 2 is 2.15 bits per heavy atom. The Balaban J connectivity index is 1.62. The van der Waals surface area contributed by atoms with Gasteiger partial charge in [-0.15, -0.1) is 0 Å². The molecule has 0 saturated carbocycles. The molecule has 0 radical (unpaired) electrons. The predicted octanol–water partition coefficient (Wildman–Crippen LogP) is 1.82. The molecule has 3 N–H and O–H groups in total. The van der Waals surface area contributed by atoms with Gasteiger partial charge in [0.2, 0.25) is 5.91 Å². The molecule has 1 atom stereocenters. The van der Waals surface area contributed by atoms with Crippen molar-refractivity contribution in [1.29, 1.82) is 0 Å². The fourth-order valence-corrected chi connectivity index (χ4v) is 3.52. The van der Waals surface area contributed by atoms with E-state index < -0.39 is 0 Å².